The van der Waals surface area contributed by atoms with Gasteiger partial charge in [0.25, 0.3) is 0 Å². The molecule has 7 heteroatoms. The maximum atomic E-state index is 12.0. The van der Waals surface area contributed by atoms with E-state index in [1.54, 1.807) is 6.07 Å². The molecule has 1 unspecified atom stereocenters. The van der Waals surface area contributed by atoms with E-state index in [-0.39, 0.29) is 11.9 Å². The lowest BCUT2D eigenvalue weighted by Gasteiger charge is -2.23. The van der Waals surface area contributed by atoms with Crippen molar-refractivity contribution in [1.82, 2.24) is 4.98 Å². The average molecular weight is 276 g/mol. The molecule has 1 aromatic rings. The zero-order chi connectivity index (χ0) is 13.7. The molecule has 0 saturated carbocycles. The van der Waals surface area contributed by atoms with E-state index in [0.29, 0.717) is 6.61 Å². The second-order valence-corrected chi connectivity index (χ2v) is 4.35. The summed E-state index contributed by atoms with van der Waals surface area (Å²) in [4.78, 5) is 3.82. The van der Waals surface area contributed by atoms with Gasteiger partial charge >= 0.3 is 6.18 Å². The highest BCUT2D eigenvalue weighted by Gasteiger charge is 2.28. The van der Waals surface area contributed by atoms with Crippen molar-refractivity contribution in [3.8, 4) is 5.88 Å². The van der Waals surface area contributed by atoms with Gasteiger partial charge in [0.15, 0.2) is 6.61 Å². The second kappa shape index (κ2) is 6.10. The van der Waals surface area contributed by atoms with E-state index in [9.17, 15) is 13.2 Å². The molecule has 1 aliphatic heterocycles. The molecule has 106 valence electrons. The normalized spacial score (nSPS) is 20.1. The molecule has 0 aliphatic carbocycles. The summed E-state index contributed by atoms with van der Waals surface area (Å²) in [5.74, 6) is -0.0391. The van der Waals surface area contributed by atoms with Gasteiger partial charge in [-0.2, -0.15) is 13.2 Å². The third-order valence-corrected chi connectivity index (χ3v) is 2.65. The van der Waals surface area contributed by atoms with Gasteiger partial charge in [-0.15, -0.1) is 0 Å². The summed E-state index contributed by atoms with van der Waals surface area (Å²) in [6, 6.07) is 3.28. The van der Waals surface area contributed by atoms with Gasteiger partial charge < -0.3 is 14.8 Å². The second-order valence-electron chi connectivity index (χ2n) is 4.35. The van der Waals surface area contributed by atoms with Crippen molar-refractivity contribution in [1.29, 1.82) is 0 Å². The Labute approximate surface area is 108 Å². The van der Waals surface area contributed by atoms with Crippen LogP contribution >= 0.6 is 0 Å². The summed E-state index contributed by atoms with van der Waals surface area (Å²) in [5, 5.41) is 3.22. The highest BCUT2D eigenvalue weighted by atomic mass is 19.4. The van der Waals surface area contributed by atoms with Crippen molar-refractivity contribution in [2.24, 2.45) is 0 Å². The number of rotatable bonds is 4. The lowest BCUT2D eigenvalue weighted by Crippen LogP contribution is -2.29. The minimum Gasteiger partial charge on any atom is -0.468 e. The van der Waals surface area contributed by atoms with E-state index in [2.05, 4.69) is 15.0 Å². The Balaban J connectivity index is 1.83. The van der Waals surface area contributed by atoms with Crippen molar-refractivity contribution >= 4 is 5.69 Å². The number of hydrogen-bond acceptors (Lipinski definition) is 4. The van der Waals surface area contributed by atoms with Gasteiger partial charge in [-0.25, -0.2) is 4.98 Å². The van der Waals surface area contributed by atoms with E-state index in [4.69, 9.17) is 4.74 Å². The van der Waals surface area contributed by atoms with Crippen LogP contribution in [0.25, 0.3) is 0 Å². The summed E-state index contributed by atoms with van der Waals surface area (Å²) in [5.41, 5.74) is 0.745. The number of halogens is 3. The molecule has 1 aromatic heterocycles. The smallest absolute Gasteiger partial charge is 0.422 e. The lowest BCUT2D eigenvalue weighted by atomic mass is 10.1. The van der Waals surface area contributed by atoms with Crippen LogP contribution in [0, 0.1) is 0 Å². The number of anilines is 1. The summed E-state index contributed by atoms with van der Waals surface area (Å²) in [7, 11) is 0. The van der Waals surface area contributed by atoms with Crippen molar-refractivity contribution in [2.45, 2.75) is 25.1 Å². The number of pyridine rings is 1. The van der Waals surface area contributed by atoms with Crippen LogP contribution in [0.4, 0.5) is 18.9 Å². The maximum Gasteiger partial charge on any atom is 0.422 e. The van der Waals surface area contributed by atoms with Gasteiger partial charge in [0, 0.05) is 18.7 Å². The summed E-state index contributed by atoms with van der Waals surface area (Å²) >= 11 is 0. The standard InChI is InChI=1S/C12H15F3N2O2/c13-12(14,15)8-19-11-4-3-9(6-16-11)17-10-2-1-5-18-7-10/h3-4,6,10,17H,1-2,5,7-8H2. The highest BCUT2D eigenvalue weighted by molar-refractivity contribution is 5.43. The van der Waals surface area contributed by atoms with Gasteiger partial charge in [-0.05, 0) is 18.9 Å². The number of aromatic nitrogens is 1. The van der Waals surface area contributed by atoms with Gasteiger partial charge in [-0.1, -0.05) is 0 Å². The fourth-order valence-corrected chi connectivity index (χ4v) is 1.80. The van der Waals surface area contributed by atoms with E-state index < -0.39 is 12.8 Å². The molecule has 2 heterocycles. The van der Waals surface area contributed by atoms with Crippen molar-refractivity contribution in [3.63, 3.8) is 0 Å². The van der Waals surface area contributed by atoms with Crippen LogP contribution in [-0.2, 0) is 4.74 Å². The number of nitrogens with one attached hydrogen (secondary N) is 1. The molecular formula is C12H15F3N2O2. The lowest BCUT2D eigenvalue weighted by molar-refractivity contribution is -0.154. The number of ether oxygens (including phenoxy) is 2. The van der Waals surface area contributed by atoms with Crippen LogP contribution in [0.3, 0.4) is 0 Å². The zero-order valence-electron chi connectivity index (χ0n) is 10.2. The minimum atomic E-state index is -4.35. The molecule has 0 spiro atoms. The van der Waals surface area contributed by atoms with Gasteiger partial charge in [0.2, 0.25) is 5.88 Å². The summed E-state index contributed by atoms with van der Waals surface area (Å²) in [6.07, 6.45) is -0.886. The molecule has 19 heavy (non-hydrogen) atoms. The van der Waals surface area contributed by atoms with E-state index >= 15 is 0 Å². The number of alkyl halides is 3. The largest absolute Gasteiger partial charge is 0.468 e. The number of hydrogen-bond donors (Lipinski definition) is 1. The Morgan fingerprint density at radius 3 is 2.84 bits per heavy atom. The van der Waals surface area contributed by atoms with Crippen LogP contribution in [0.1, 0.15) is 12.8 Å². The van der Waals surface area contributed by atoms with Gasteiger partial charge in [0.05, 0.1) is 18.5 Å². The molecule has 0 amide bonds. The van der Waals surface area contributed by atoms with Crippen LogP contribution in [0.5, 0.6) is 5.88 Å². The summed E-state index contributed by atoms with van der Waals surface area (Å²) in [6.45, 7) is 0.0796. The Hall–Kier alpha value is -1.50. The molecule has 1 N–H and O–H groups in total. The molecule has 4 nitrogen and oxygen atoms in total. The van der Waals surface area contributed by atoms with Gasteiger partial charge in [0.1, 0.15) is 0 Å². The third kappa shape index (κ3) is 4.94. The van der Waals surface area contributed by atoms with Crippen molar-refractivity contribution in [3.05, 3.63) is 18.3 Å². The molecule has 1 aliphatic rings. The Morgan fingerprint density at radius 2 is 2.26 bits per heavy atom. The average Bonchev–Trinajstić information content (AvgIpc) is 2.38. The van der Waals surface area contributed by atoms with Crippen LogP contribution in [-0.4, -0.2) is 37.0 Å². The van der Waals surface area contributed by atoms with E-state index in [1.165, 1.54) is 12.3 Å². The molecule has 1 saturated heterocycles. The predicted molar refractivity (Wildman–Crippen MR) is 63.3 cm³/mol. The Morgan fingerprint density at radius 1 is 1.42 bits per heavy atom. The first-order valence-corrected chi connectivity index (χ1v) is 6.03. The van der Waals surface area contributed by atoms with Crippen LogP contribution < -0.4 is 10.1 Å². The first-order chi connectivity index (χ1) is 9.03. The van der Waals surface area contributed by atoms with Gasteiger partial charge in [-0.3, -0.25) is 0 Å². The zero-order valence-corrected chi connectivity index (χ0v) is 10.2. The monoisotopic (exact) mass is 276 g/mol. The first-order valence-electron chi connectivity index (χ1n) is 6.03. The van der Waals surface area contributed by atoms with E-state index in [0.717, 1.165) is 25.1 Å². The SMILES string of the molecule is FC(F)(F)COc1ccc(NC2CCCOC2)cn1. The Bertz CT molecular complexity index is 389. The third-order valence-electron chi connectivity index (χ3n) is 2.65. The predicted octanol–water partition coefficient (Wildman–Crippen LogP) is 2.61. The van der Waals surface area contributed by atoms with Crippen LogP contribution in [0.2, 0.25) is 0 Å². The summed E-state index contributed by atoms with van der Waals surface area (Å²) < 4.78 is 45.7. The highest BCUT2D eigenvalue weighted by Crippen LogP contribution is 2.19. The fraction of sp³-hybridized carbons (Fsp3) is 0.583. The molecule has 1 atom stereocenters. The van der Waals surface area contributed by atoms with Crippen LogP contribution in [0.15, 0.2) is 18.3 Å². The molecule has 0 radical (unpaired) electrons. The maximum absolute atomic E-state index is 12.0. The molecule has 0 aromatic carbocycles. The molecule has 1 fully saturated rings. The van der Waals surface area contributed by atoms with Crippen molar-refractivity contribution < 1.29 is 22.6 Å². The molecular weight excluding hydrogens is 261 g/mol. The topological polar surface area (TPSA) is 43.4 Å². The van der Waals surface area contributed by atoms with Crippen molar-refractivity contribution in [2.75, 3.05) is 25.1 Å². The molecule has 0 bridgehead atoms. The quantitative estimate of drug-likeness (QED) is 0.918. The Kier molecular flexibility index (Phi) is 4.47. The molecule has 2 rings (SSSR count). The first kappa shape index (κ1) is 13.9. The number of nitrogens with zero attached hydrogens (tertiary/aromatic N) is 1. The van der Waals surface area contributed by atoms with E-state index in [1.807, 2.05) is 0 Å². The minimum absolute atomic E-state index is 0.0391. The fourth-order valence-electron chi connectivity index (χ4n) is 1.80.